The van der Waals surface area contributed by atoms with Gasteiger partial charge in [0, 0.05) is 5.56 Å². The van der Waals surface area contributed by atoms with Crippen molar-refractivity contribution < 1.29 is 9.53 Å². The van der Waals surface area contributed by atoms with Gasteiger partial charge in [0.05, 0.1) is 0 Å². The van der Waals surface area contributed by atoms with Gasteiger partial charge in [-0.3, -0.25) is 0 Å². The maximum absolute atomic E-state index is 11.0. The first-order chi connectivity index (χ1) is 5.68. The molecule has 1 heterocycles. The van der Waals surface area contributed by atoms with Gasteiger partial charge in [0.2, 0.25) is 0 Å². The number of hydrogen-bond acceptors (Lipinski definition) is 3. The molecule has 0 amide bonds. The fourth-order valence-electron chi connectivity index (χ4n) is 1.30. The van der Waals surface area contributed by atoms with Gasteiger partial charge in [-0.05, 0) is 13.0 Å². The van der Waals surface area contributed by atoms with Gasteiger partial charge in [0.25, 0.3) is 0 Å². The molecule has 62 valence electrons. The summed E-state index contributed by atoms with van der Waals surface area (Å²) in [5.74, 6) is 0.230. The van der Waals surface area contributed by atoms with Crippen LogP contribution < -0.4 is 10.5 Å². The van der Waals surface area contributed by atoms with Gasteiger partial charge in [-0.2, -0.15) is 0 Å². The van der Waals surface area contributed by atoms with Crippen LogP contribution in [0, 0.1) is 6.92 Å². The number of fused-ring (bicyclic) bond motifs is 1. The minimum atomic E-state index is -0.597. The van der Waals surface area contributed by atoms with Crippen LogP contribution in [0.5, 0.6) is 5.75 Å². The van der Waals surface area contributed by atoms with Gasteiger partial charge in [0.15, 0.2) is 0 Å². The number of esters is 1. The van der Waals surface area contributed by atoms with Crippen LogP contribution in [0.2, 0.25) is 0 Å². The normalized spacial score (nSPS) is 20.5. The van der Waals surface area contributed by atoms with E-state index < -0.39 is 6.04 Å². The first-order valence-electron chi connectivity index (χ1n) is 3.76. The van der Waals surface area contributed by atoms with Crippen LogP contribution >= 0.6 is 0 Å². The summed E-state index contributed by atoms with van der Waals surface area (Å²) in [5, 5.41) is 0. The minimum absolute atomic E-state index is 0.365. The highest BCUT2D eigenvalue weighted by Crippen LogP contribution is 2.31. The molecular formula is C9H9NO2. The van der Waals surface area contributed by atoms with Gasteiger partial charge < -0.3 is 10.5 Å². The van der Waals surface area contributed by atoms with E-state index in [4.69, 9.17) is 10.5 Å². The van der Waals surface area contributed by atoms with E-state index in [2.05, 4.69) is 0 Å². The van der Waals surface area contributed by atoms with Crippen LogP contribution in [-0.4, -0.2) is 5.97 Å². The first-order valence-corrected chi connectivity index (χ1v) is 3.76. The van der Waals surface area contributed by atoms with Crippen molar-refractivity contribution in [3.05, 3.63) is 29.3 Å². The molecule has 0 saturated carbocycles. The lowest BCUT2D eigenvalue weighted by Gasteiger charge is -1.99. The predicted octanol–water partition coefficient (Wildman–Crippen LogP) is 0.914. The molecule has 3 heteroatoms. The Morgan fingerprint density at radius 2 is 2.25 bits per heavy atom. The third kappa shape index (κ3) is 0.905. The second kappa shape index (κ2) is 2.32. The van der Waals surface area contributed by atoms with E-state index in [-0.39, 0.29) is 5.97 Å². The third-order valence-corrected chi connectivity index (χ3v) is 1.96. The van der Waals surface area contributed by atoms with Crippen molar-refractivity contribution in [1.82, 2.24) is 0 Å². The quantitative estimate of drug-likeness (QED) is 0.457. The average molecular weight is 163 g/mol. The largest absolute Gasteiger partial charge is 0.425 e. The molecular weight excluding hydrogens is 154 g/mol. The summed E-state index contributed by atoms with van der Waals surface area (Å²) in [6, 6.07) is 4.95. The molecule has 0 aromatic heterocycles. The molecule has 1 aliphatic heterocycles. The highest BCUT2D eigenvalue weighted by Gasteiger charge is 2.29. The van der Waals surface area contributed by atoms with Crippen molar-refractivity contribution in [2.24, 2.45) is 5.73 Å². The number of rotatable bonds is 0. The first kappa shape index (κ1) is 7.31. The lowest BCUT2D eigenvalue weighted by molar-refractivity contribution is -0.133. The Morgan fingerprint density at radius 1 is 1.50 bits per heavy atom. The standard InChI is InChI=1S/C9H9NO2/c1-5-2-3-7-6(4-5)8(10)9(11)12-7/h2-4,8H,10H2,1H3. The zero-order chi connectivity index (χ0) is 8.72. The second-order valence-corrected chi connectivity index (χ2v) is 2.94. The molecule has 1 aliphatic rings. The SMILES string of the molecule is Cc1ccc2c(c1)C(N)C(=O)O2. The summed E-state index contributed by atoms with van der Waals surface area (Å²) in [6.07, 6.45) is 0. The highest BCUT2D eigenvalue weighted by molar-refractivity contribution is 5.85. The summed E-state index contributed by atoms with van der Waals surface area (Å²) in [5.41, 5.74) is 7.46. The molecule has 0 aliphatic carbocycles. The number of carbonyl (C=O) groups excluding carboxylic acids is 1. The number of benzene rings is 1. The number of nitrogens with two attached hydrogens (primary N) is 1. The molecule has 12 heavy (non-hydrogen) atoms. The average Bonchev–Trinajstić information content (AvgIpc) is 2.31. The fraction of sp³-hybridized carbons (Fsp3) is 0.222. The summed E-state index contributed by atoms with van der Waals surface area (Å²) < 4.78 is 4.91. The Labute approximate surface area is 70.1 Å². The Morgan fingerprint density at radius 3 is 3.00 bits per heavy atom. The van der Waals surface area contributed by atoms with Gasteiger partial charge >= 0.3 is 5.97 Å². The molecule has 0 spiro atoms. The Balaban J connectivity index is 2.55. The van der Waals surface area contributed by atoms with Crippen molar-refractivity contribution in [3.63, 3.8) is 0 Å². The smallest absolute Gasteiger partial charge is 0.333 e. The highest BCUT2D eigenvalue weighted by atomic mass is 16.5. The monoisotopic (exact) mass is 163 g/mol. The topological polar surface area (TPSA) is 52.3 Å². The number of ether oxygens (including phenoxy) is 1. The molecule has 1 unspecified atom stereocenters. The predicted molar refractivity (Wildman–Crippen MR) is 43.7 cm³/mol. The maximum Gasteiger partial charge on any atom is 0.333 e. The molecule has 0 radical (unpaired) electrons. The van der Waals surface area contributed by atoms with Crippen molar-refractivity contribution >= 4 is 5.97 Å². The van der Waals surface area contributed by atoms with E-state index in [1.54, 1.807) is 6.07 Å². The second-order valence-electron chi connectivity index (χ2n) is 2.94. The van der Waals surface area contributed by atoms with E-state index in [0.29, 0.717) is 5.75 Å². The van der Waals surface area contributed by atoms with E-state index in [9.17, 15) is 4.79 Å². The van der Waals surface area contributed by atoms with E-state index >= 15 is 0 Å². The van der Waals surface area contributed by atoms with Gasteiger partial charge in [-0.25, -0.2) is 4.79 Å². The zero-order valence-corrected chi connectivity index (χ0v) is 6.70. The number of carbonyl (C=O) groups is 1. The molecule has 0 bridgehead atoms. The van der Waals surface area contributed by atoms with Crippen molar-refractivity contribution in [2.75, 3.05) is 0 Å². The van der Waals surface area contributed by atoms with Gasteiger partial charge in [-0.15, -0.1) is 0 Å². The number of aryl methyl sites for hydroxylation is 1. The molecule has 2 N–H and O–H groups in total. The van der Waals surface area contributed by atoms with Crippen LogP contribution in [0.4, 0.5) is 0 Å². The molecule has 0 fully saturated rings. The zero-order valence-electron chi connectivity index (χ0n) is 6.70. The summed E-state index contributed by atoms with van der Waals surface area (Å²) >= 11 is 0. The van der Waals surface area contributed by atoms with E-state index in [0.717, 1.165) is 11.1 Å². The van der Waals surface area contributed by atoms with Crippen LogP contribution in [-0.2, 0) is 4.79 Å². The van der Waals surface area contributed by atoms with Crippen molar-refractivity contribution in [1.29, 1.82) is 0 Å². The van der Waals surface area contributed by atoms with E-state index in [1.165, 1.54) is 0 Å². The fourth-order valence-corrected chi connectivity index (χ4v) is 1.30. The molecule has 3 nitrogen and oxygen atoms in total. The summed E-state index contributed by atoms with van der Waals surface area (Å²) in [4.78, 5) is 11.0. The Bertz CT molecular complexity index is 346. The lowest BCUT2D eigenvalue weighted by atomic mass is 10.1. The third-order valence-electron chi connectivity index (χ3n) is 1.96. The Kier molecular flexibility index (Phi) is 1.41. The molecule has 2 rings (SSSR count). The summed E-state index contributed by atoms with van der Waals surface area (Å²) in [6.45, 7) is 1.95. The van der Waals surface area contributed by atoms with Crippen LogP contribution in [0.25, 0.3) is 0 Å². The van der Waals surface area contributed by atoms with Gasteiger partial charge in [0.1, 0.15) is 11.8 Å². The number of hydrogen-bond donors (Lipinski definition) is 1. The summed E-state index contributed by atoms with van der Waals surface area (Å²) in [7, 11) is 0. The van der Waals surface area contributed by atoms with E-state index in [1.807, 2.05) is 19.1 Å². The van der Waals surface area contributed by atoms with Crippen molar-refractivity contribution in [2.45, 2.75) is 13.0 Å². The van der Waals surface area contributed by atoms with Crippen LogP contribution in [0.3, 0.4) is 0 Å². The van der Waals surface area contributed by atoms with Crippen LogP contribution in [0.15, 0.2) is 18.2 Å². The minimum Gasteiger partial charge on any atom is -0.425 e. The Hall–Kier alpha value is -1.35. The van der Waals surface area contributed by atoms with Crippen LogP contribution in [0.1, 0.15) is 17.2 Å². The molecule has 1 aromatic carbocycles. The molecule has 1 atom stereocenters. The lowest BCUT2D eigenvalue weighted by Crippen LogP contribution is -2.18. The van der Waals surface area contributed by atoms with Crippen molar-refractivity contribution in [3.8, 4) is 5.75 Å². The maximum atomic E-state index is 11.0. The molecule has 1 aromatic rings. The van der Waals surface area contributed by atoms with Gasteiger partial charge in [-0.1, -0.05) is 17.7 Å². The molecule has 0 saturated heterocycles.